The van der Waals surface area contributed by atoms with E-state index in [4.69, 9.17) is 10.5 Å². The highest BCUT2D eigenvalue weighted by molar-refractivity contribution is 7.90. The summed E-state index contributed by atoms with van der Waals surface area (Å²) in [7, 11) is -3.18. The second-order valence-corrected chi connectivity index (χ2v) is 7.95. The van der Waals surface area contributed by atoms with Gasteiger partial charge >= 0.3 is 0 Å². The van der Waals surface area contributed by atoms with Gasteiger partial charge in [-0.05, 0) is 43.5 Å². The lowest BCUT2D eigenvalue weighted by Gasteiger charge is -2.15. The summed E-state index contributed by atoms with van der Waals surface area (Å²) in [5, 5.41) is 0. The topological polar surface area (TPSA) is 89.7 Å². The summed E-state index contributed by atoms with van der Waals surface area (Å²) in [6.45, 7) is 1.94. The Balaban J connectivity index is 0.00000288. The minimum Gasteiger partial charge on any atom is -0.494 e. The zero-order valence-corrected chi connectivity index (χ0v) is 15.4. The number of rotatable bonds is 7. The molecule has 1 amide bonds. The first-order valence-electron chi connectivity index (χ1n) is 7.82. The van der Waals surface area contributed by atoms with Gasteiger partial charge in [0.15, 0.2) is 9.84 Å². The smallest absolute Gasteiger partial charge is 0.222 e. The first-order valence-corrected chi connectivity index (χ1v) is 9.71. The molecule has 1 fully saturated rings. The Morgan fingerprint density at radius 1 is 1.29 bits per heavy atom. The van der Waals surface area contributed by atoms with Gasteiger partial charge in [-0.1, -0.05) is 0 Å². The molecule has 0 saturated carbocycles. The minimum absolute atomic E-state index is 0. The van der Waals surface area contributed by atoms with Crippen molar-refractivity contribution in [3.05, 3.63) is 24.3 Å². The monoisotopic (exact) mass is 376 g/mol. The molecular weight excluding hydrogens is 352 g/mol. The lowest BCUT2D eigenvalue weighted by molar-refractivity contribution is -0.130. The van der Waals surface area contributed by atoms with Crippen LogP contribution < -0.4 is 10.5 Å². The average molecular weight is 377 g/mol. The van der Waals surface area contributed by atoms with Crippen LogP contribution in [0.4, 0.5) is 0 Å². The standard InChI is InChI=1S/C16H24N2O4S.ClH/c1-23(20,21)15-7-5-14(6-8-15)22-11-3-2-4-16(19)18-10-9-13(17)12-18;/h5-8,13H,2-4,9-12,17H2,1H3;1H/t13-;/m1./s1. The number of likely N-dealkylation sites (tertiary alicyclic amines) is 1. The number of sulfone groups is 1. The van der Waals surface area contributed by atoms with Crippen LogP contribution in [0.2, 0.25) is 0 Å². The Labute approximate surface area is 149 Å². The molecule has 1 aliphatic rings. The largest absolute Gasteiger partial charge is 0.494 e. The molecule has 1 heterocycles. The van der Waals surface area contributed by atoms with Crippen molar-refractivity contribution < 1.29 is 17.9 Å². The van der Waals surface area contributed by atoms with E-state index < -0.39 is 9.84 Å². The van der Waals surface area contributed by atoms with Crippen molar-refractivity contribution in [3.63, 3.8) is 0 Å². The predicted molar refractivity (Wildman–Crippen MR) is 95.3 cm³/mol. The van der Waals surface area contributed by atoms with E-state index in [2.05, 4.69) is 0 Å². The van der Waals surface area contributed by atoms with Crippen molar-refractivity contribution in [2.45, 2.75) is 36.6 Å². The lowest BCUT2D eigenvalue weighted by Crippen LogP contribution is -2.31. The Morgan fingerprint density at radius 2 is 1.96 bits per heavy atom. The summed E-state index contributed by atoms with van der Waals surface area (Å²) in [6, 6.07) is 6.48. The van der Waals surface area contributed by atoms with E-state index in [0.29, 0.717) is 25.3 Å². The second kappa shape index (κ2) is 9.25. The highest BCUT2D eigenvalue weighted by Gasteiger charge is 2.22. The van der Waals surface area contributed by atoms with Crippen LogP contribution in [0.25, 0.3) is 0 Å². The summed E-state index contributed by atoms with van der Waals surface area (Å²) < 4.78 is 28.3. The number of hydrogen-bond donors (Lipinski definition) is 1. The molecule has 0 spiro atoms. The molecule has 6 nitrogen and oxygen atoms in total. The molecule has 24 heavy (non-hydrogen) atoms. The first-order chi connectivity index (χ1) is 10.9. The van der Waals surface area contributed by atoms with Crippen LogP contribution in [0.5, 0.6) is 5.75 Å². The molecule has 8 heteroatoms. The van der Waals surface area contributed by atoms with Gasteiger partial charge in [0, 0.05) is 31.8 Å². The van der Waals surface area contributed by atoms with Crippen molar-refractivity contribution in [3.8, 4) is 5.75 Å². The van der Waals surface area contributed by atoms with Crippen molar-refractivity contribution in [1.29, 1.82) is 0 Å². The van der Waals surface area contributed by atoms with Crippen molar-refractivity contribution >= 4 is 28.2 Å². The molecule has 0 radical (unpaired) electrons. The van der Waals surface area contributed by atoms with Gasteiger partial charge in [0.05, 0.1) is 11.5 Å². The number of nitrogens with two attached hydrogens (primary N) is 1. The van der Waals surface area contributed by atoms with Crippen LogP contribution in [0, 0.1) is 0 Å². The summed E-state index contributed by atoms with van der Waals surface area (Å²) in [6.07, 6.45) is 4.12. The summed E-state index contributed by atoms with van der Waals surface area (Å²) in [5.74, 6) is 0.796. The highest BCUT2D eigenvalue weighted by Crippen LogP contribution is 2.16. The van der Waals surface area contributed by atoms with Crippen LogP contribution in [-0.4, -0.2) is 51.2 Å². The predicted octanol–water partition coefficient (Wildman–Crippen LogP) is 1.62. The Bertz CT molecular complexity index is 634. The molecule has 1 saturated heterocycles. The van der Waals surface area contributed by atoms with Gasteiger partial charge in [0.25, 0.3) is 0 Å². The first kappa shape index (κ1) is 20.7. The number of carbonyl (C=O) groups excluding carboxylic acids is 1. The van der Waals surface area contributed by atoms with Gasteiger partial charge in [-0.15, -0.1) is 12.4 Å². The number of hydrogen-bond acceptors (Lipinski definition) is 5. The maximum Gasteiger partial charge on any atom is 0.222 e. The lowest BCUT2D eigenvalue weighted by atomic mass is 10.2. The molecule has 1 aromatic carbocycles. The third-order valence-corrected chi connectivity index (χ3v) is 5.01. The number of ether oxygens (including phenoxy) is 1. The van der Waals surface area contributed by atoms with Gasteiger partial charge in [0.1, 0.15) is 5.75 Å². The molecule has 0 bridgehead atoms. The van der Waals surface area contributed by atoms with Crippen LogP contribution >= 0.6 is 12.4 Å². The Kier molecular flexibility index (Phi) is 7.99. The molecule has 2 rings (SSSR count). The number of carbonyl (C=O) groups is 1. The SMILES string of the molecule is CS(=O)(=O)c1ccc(OCCCCC(=O)N2CC[C@@H](N)C2)cc1.Cl. The molecule has 1 atom stereocenters. The summed E-state index contributed by atoms with van der Waals surface area (Å²) in [5.41, 5.74) is 5.79. The molecule has 0 aromatic heterocycles. The number of unbranched alkanes of at least 4 members (excludes halogenated alkanes) is 1. The third-order valence-electron chi connectivity index (χ3n) is 3.88. The van der Waals surface area contributed by atoms with E-state index in [1.54, 1.807) is 12.1 Å². The summed E-state index contributed by atoms with van der Waals surface area (Å²) in [4.78, 5) is 14.0. The van der Waals surface area contributed by atoms with Gasteiger partial charge < -0.3 is 15.4 Å². The summed E-state index contributed by atoms with van der Waals surface area (Å²) >= 11 is 0. The molecule has 0 unspecified atom stereocenters. The zero-order valence-electron chi connectivity index (χ0n) is 13.8. The Hall–Kier alpha value is -1.31. The molecule has 1 aromatic rings. The molecule has 136 valence electrons. The minimum atomic E-state index is -3.18. The number of nitrogens with zero attached hydrogens (tertiary/aromatic N) is 1. The van der Waals surface area contributed by atoms with Crippen molar-refractivity contribution in [1.82, 2.24) is 4.90 Å². The normalized spacial score (nSPS) is 17.4. The Morgan fingerprint density at radius 3 is 2.50 bits per heavy atom. The number of benzene rings is 1. The fraction of sp³-hybridized carbons (Fsp3) is 0.562. The van der Waals surface area contributed by atoms with Gasteiger partial charge in [-0.2, -0.15) is 0 Å². The maximum atomic E-state index is 11.9. The fourth-order valence-electron chi connectivity index (χ4n) is 2.52. The van der Waals surface area contributed by atoms with Gasteiger partial charge in [-0.25, -0.2) is 8.42 Å². The van der Waals surface area contributed by atoms with E-state index in [0.717, 1.165) is 25.8 Å². The second-order valence-electron chi connectivity index (χ2n) is 5.94. The van der Waals surface area contributed by atoms with Crippen LogP contribution in [0.15, 0.2) is 29.2 Å². The average Bonchev–Trinajstić information content (AvgIpc) is 2.93. The maximum absolute atomic E-state index is 11.9. The zero-order chi connectivity index (χ0) is 16.9. The molecular formula is C16H25ClN2O4S. The van der Waals surface area contributed by atoms with Crippen LogP contribution in [-0.2, 0) is 14.6 Å². The van der Waals surface area contributed by atoms with E-state index in [-0.39, 0.29) is 29.3 Å². The quantitative estimate of drug-likeness (QED) is 0.730. The van der Waals surface area contributed by atoms with E-state index in [1.165, 1.54) is 18.4 Å². The number of halogens is 1. The van der Waals surface area contributed by atoms with Gasteiger partial charge in [0.2, 0.25) is 5.91 Å². The molecule has 1 aliphatic heterocycles. The third kappa shape index (κ3) is 6.30. The highest BCUT2D eigenvalue weighted by atomic mass is 35.5. The van der Waals surface area contributed by atoms with Crippen LogP contribution in [0.3, 0.4) is 0 Å². The number of amides is 1. The van der Waals surface area contributed by atoms with Crippen molar-refractivity contribution in [2.75, 3.05) is 26.0 Å². The fourth-order valence-corrected chi connectivity index (χ4v) is 3.15. The van der Waals surface area contributed by atoms with E-state index in [1.807, 2.05) is 4.90 Å². The molecule has 2 N–H and O–H groups in total. The van der Waals surface area contributed by atoms with E-state index >= 15 is 0 Å². The van der Waals surface area contributed by atoms with Crippen molar-refractivity contribution in [2.24, 2.45) is 5.73 Å². The van der Waals surface area contributed by atoms with Gasteiger partial charge in [-0.3, -0.25) is 4.79 Å². The van der Waals surface area contributed by atoms with E-state index in [9.17, 15) is 13.2 Å². The molecule has 0 aliphatic carbocycles. The van der Waals surface area contributed by atoms with Crippen LogP contribution in [0.1, 0.15) is 25.7 Å².